The third-order valence-electron chi connectivity index (χ3n) is 7.94. The second kappa shape index (κ2) is 12.7. The number of aryl methyl sites for hydroxylation is 1. The van der Waals surface area contributed by atoms with Crippen LogP contribution in [-0.2, 0) is 12.8 Å². The van der Waals surface area contributed by atoms with Crippen molar-refractivity contribution in [3.8, 4) is 11.1 Å². The Morgan fingerprint density at radius 1 is 0.706 bits per heavy atom. The highest BCUT2D eigenvalue weighted by molar-refractivity contribution is 5.64. The number of allylic oxidation sites excluding steroid dienone is 2. The lowest BCUT2D eigenvalue weighted by atomic mass is 9.78. The average Bonchev–Trinajstić information content (AvgIpc) is 2.90. The van der Waals surface area contributed by atoms with Crippen LogP contribution in [0.1, 0.15) is 81.4 Å². The van der Waals surface area contributed by atoms with E-state index in [1.165, 1.54) is 79.2 Å². The van der Waals surface area contributed by atoms with Crippen molar-refractivity contribution in [3.05, 3.63) is 108 Å². The fourth-order valence-electron chi connectivity index (χ4n) is 5.63. The summed E-state index contributed by atoms with van der Waals surface area (Å²) < 4.78 is 0. The van der Waals surface area contributed by atoms with Crippen molar-refractivity contribution in [1.82, 2.24) is 0 Å². The van der Waals surface area contributed by atoms with Crippen LogP contribution in [0.3, 0.4) is 0 Å². The molecule has 1 saturated carbocycles. The van der Waals surface area contributed by atoms with Crippen LogP contribution in [0.2, 0.25) is 0 Å². The van der Waals surface area contributed by atoms with Gasteiger partial charge in [-0.2, -0.15) is 0 Å². The summed E-state index contributed by atoms with van der Waals surface area (Å²) in [5.74, 6) is 2.45. The van der Waals surface area contributed by atoms with E-state index in [2.05, 4.69) is 105 Å². The predicted molar refractivity (Wildman–Crippen MR) is 148 cm³/mol. The Kier molecular flexibility index (Phi) is 9.19. The van der Waals surface area contributed by atoms with Crippen molar-refractivity contribution in [2.45, 2.75) is 77.6 Å². The average molecular weight is 451 g/mol. The van der Waals surface area contributed by atoms with Gasteiger partial charge < -0.3 is 0 Å². The summed E-state index contributed by atoms with van der Waals surface area (Å²) in [7, 11) is 0. The first-order valence-corrected chi connectivity index (χ1v) is 13.6. The number of rotatable bonds is 10. The third-order valence-corrected chi connectivity index (χ3v) is 7.94. The van der Waals surface area contributed by atoms with Crippen LogP contribution in [0, 0.1) is 11.8 Å². The van der Waals surface area contributed by atoms with Gasteiger partial charge in [-0.3, -0.25) is 0 Å². The van der Waals surface area contributed by atoms with Crippen molar-refractivity contribution in [1.29, 1.82) is 0 Å². The van der Waals surface area contributed by atoms with Gasteiger partial charge in [-0.05, 0) is 84.6 Å². The molecule has 0 saturated heterocycles. The molecule has 0 aliphatic heterocycles. The molecule has 0 radical (unpaired) electrons. The Bertz CT molecular complexity index is 986. The topological polar surface area (TPSA) is 0 Å². The second-order valence-electron chi connectivity index (χ2n) is 10.5. The van der Waals surface area contributed by atoms with E-state index in [1.807, 2.05) is 0 Å². The Labute approximate surface area is 208 Å². The van der Waals surface area contributed by atoms with Gasteiger partial charge in [0.2, 0.25) is 0 Å². The summed E-state index contributed by atoms with van der Waals surface area (Å²) in [6.07, 6.45) is 16.6. The van der Waals surface area contributed by atoms with E-state index in [1.54, 1.807) is 0 Å². The van der Waals surface area contributed by atoms with E-state index in [0.717, 1.165) is 18.3 Å². The van der Waals surface area contributed by atoms with Gasteiger partial charge in [0.05, 0.1) is 0 Å². The van der Waals surface area contributed by atoms with E-state index in [4.69, 9.17) is 0 Å². The van der Waals surface area contributed by atoms with Gasteiger partial charge in [0.1, 0.15) is 0 Å². The van der Waals surface area contributed by atoms with Gasteiger partial charge in [0.25, 0.3) is 0 Å². The van der Waals surface area contributed by atoms with Crippen LogP contribution in [0.4, 0.5) is 0 Å². The fraction of sp³-hybridized carbons (Fsp3) is 0.412. The summed E-state index contributed by atoms with van der Waals surface area (Å²) in [6.45, 7) is 4.45. The molecule has 0 amide bonds. The van der Waals surface area contributed by atoms with Gasteiger partial charge in [0.15, 0.2) is 0 Å². The highest BCUT2D eigenvalue weighted by Gasteiger charge is 2.20. The lowest BCUT2D eigenvalue weighted by Gasteiger charge is -2.28. The molecule has 3 aromatic rings. The minimum atomic E-state index is 0.541. The molecule has 0 heteroatoms. The number of hydrogen-bond acceptors (Lipinski definition) is 0. The van der Waals surface area contributed by atoms with Crippen LogP contribution in [0.15, 0.2) is 91.0 Å². The molecule has 178 valence electrons. The minimum absolute atomic E-state index is 0.541. The molecule has 0 heterocycles. The third kappa shape index (κ3) is 7.20. The molecule has 1 aliphatic rings. The van der Waals surface area contributed by atoms with Gasteiger partial charge in [-0.25, -0.2) is 0 Å². The van der Waals surface area contributed by atoms with E-state index < -0.39 is 0 Å². The van der Waals surface area contributed by atoms with Crippen LogP contribution in [0.25, 0.3) is 11.1 Å². The maximum Gasteiger partial charge on any atom is -0.0150 e. The van der Waals surface area contributed by atoms with E-state index in [0.29, 0.717) is 5.92 Å². The van der Waals surface area contributed by atoms with Crippen LogP contribution in [-0.4, -0.2) is 0 Å². The molecule has 3 aromatic carbocycles. The number of hydrogen-bond donors (Lipinski definition) is 0. The summed E-state index contributed by atoms with van der Waals surface area (Å²) in [4.78, 5) is 0. The van der Waals surface area contributed by atoms with Crippen molar-refractivity contribution < 1.29 is 0 Å². The zero-order valence-electron chi connectivity index (χ0n) is 21.3. The smallest absolute Gasteiger partial charge is 0.0150 e. The van der Waals surface area contributed by atoms with Crippen molar-refractivity contribution in [2.24, 2.45) is 11.8 Å². The van der Waals surface area contributed by atoms with Crippen molar-refractivity contribution in [2.75, 3.05) is 0 Å². The molecule has 1 aliphatic carbocycles. The van der Waals surface area contributed by atoms with Crippen LogP contribution in [0.5, 0.6) is 0 Å². The molecule has 1 fully saturated rings. The summed E-state index contributed by atoms with van der Waals surface area (Å²) in [5, 5.41) is 0. The Hall–Kier alpha value is -2.60. The maximum atomic E-state index is 2.35. The molecule has 0 bridgehead atoms. The predicted octanol–water partition coefficient (Wildman–Crippen LogP) is 9.80. The largest absolute Gasteiger partial charge is 0.0917 e. The lowest BCUT2D eigenvalue weighted by molar-refractivity contribution is 0.254. The highest BCUT2D eigenvalue weighted by Crippen LogP contribution is 2.34. The van der Waals surface area contributed by atoms with E-state index in [-0.39, 0.29) is 0 Å². The van der Waals surface area contributed by atoms with Crippen molar-refractivity contribution >= 4 is 0 Å². The standard InChI is InChI=1S/C34H42/c1-3-4-6-9-28-12-14-29(15-13-28)16-17-30-18-22-33(23-19-30)34-24-20-31(21-25-34)26-27(2)32-10-7-5-8-11-32/h3-5,7-8,10-11,18-25,27-29H,6,9,12-17,26H2,1-2H3/t27-,28?,29?/m0/s1. The summed E-state index contributed by atoms with van der Waals surface area (Å²) in [5.41, 5.74) is 6.96. The Balaban J connectivity index is 1.23. The highest BCUT2D eigenvalue weighted by atomic mass is 14.3. The molecule has 34 heavy (non-hydrogen) atoms. The first-order valence-electron chi connectivity index (χ1n) is 13.6. The lowest BCUT2D eigenvalue weighted by Crippen LogP contribution is -2.15. The fourth-order valence-corrected chi connectivity index (χ4v) is 5.63. The quantitative estimate of drug-likeness (QED) is 0.270. The minimum Gasteiger partial charge on any atom is -0.0917 e. The van der Waals surface area contributed by atoms with Gasteiger partial charge in [-0.1, -0.05) is 124 Å². The maximum absolute atomic E-state index is 2.35. The molecule has 1 atom stereocenters. The summed E-state index contributed by atoms with van der Waals surface area (Å²) >= 11 is 0. The zero-order valence-corrected chi connectivity index (χ0v) is 21.3. The monoisotopic (exact) mass is 450 g/mol. The molecule has 0 N–H and O–H groups in total. The molecular formula is C34H42. The Morgan fingerprint density at radius 3 is 1.85 bits per heavy atom. The second-order valence-corrected chi connectivity index (χ2v) is 10.5. The molecule has 0 aromatic heterocycles. The van der Waals surface area contributed by atoms with Crippen molar-refractivity contribution in [3.63, 3.8) is 0 Å². The molecule has 0 unspecified atom stereocenters. The number of benzene rings is 3. The first-order chi connectivity index (χ1) is 16.7. The molecule has 4 rings (SSSR count). The Morgan fingerprint density at radius 2 is 1.26 bits per heavy atom. The van der Waals surface area contributed by atoms with Gasteiger partial charge in [0, 0.05) is 0 Å². The summed E-state index contributed by atoms with van der Waals surface area (Å²) in [6, 6.07) is 29.3. The SMILES string of the molecule is CC=CCCC1CCC(CCc2ccc(-c3ccc(C[C@H](C)c4ccccc4)cc3)cc2)CC1. The first kappa shape index (κ1) is 24.5. The zero-order chi connectivity index (χ0) is 23.6. The van der Waals surface area contributed by atoms with Crippen LogP contribution >= 0.6 is 0 Å². The van der Waals surface area contributed by atoms with E-state index in [9.17, 15) is 0 Å². The van der Waals surface area contributed by atoms with E-state index >= 15 is 0 Å². The van der Waals surface area contributed by atoms with Gasteiger partial charge in [-0.15, -0.1) is 0 Å². The molecule has 0 nitrogen and oxygen atoms in total. The normalized spacial score (nSPS) is 19.4. The molecular weight excluding hydrogens is 408 g/mol. The van der Waals surface area contributed by atoms with Crippen LogP contribution < -0.4 is 0 Å². The van der Waals surface area contributed by atoms with Gasteiger partial charge >= 0.3 is 0 Å². The molecule has 0 spiro atoms.